The maximum Gasteiger partial charge on any atom is 0.176 e. The molecule has 0 N–H and O–H groups in total. The zero-order chi connectivity index (χ0) is 28.2. The lowest BCUT2D eigenvalue weighted by atomic mass is 9.90. The van der Waals surface area contributed by atoms with Crippen LogP contribution in [0.5, 0.6) is 0 Å². The molecule has 0 aromatic heterocycles. The highest BCUT2D eigenvalue weighted by atomic mass is 15.2. The normalized spacial score (nSPS) is 15.9. The van der Waals surface area contributed by atoms with Gasteiger partial charge >= 0.3 is 0 Å². The van der Waals surface area contributed by atoms with E-state index in [0.717, 1.165) is 19.6 Å². The largest absolute Gasteiger partial charge is 0.288 e. The van der Waals surface area contributed by atoms with E-state index in [4.69, 9.17) is 0 Å². The third-order valence-electron chi connectivity index (χ3n) is 9.67. The Morgan fingerprint density at radius 3 is 1.83 bits per heavy atom. The Balaban J connectivity index is 1.25. The van der Waals surface area contributed by atoms with E-state index in [1.54, 1.807) is 0 Å². The van der Waals surface area contributed by atoms with Gasteiger partial charge in [0.1, 0.15) is 0 Å². The van der Waals surface area contributed by atoms with Crippen molar-refractivity contribution < 1.29 is 4.58 Å². The minimum atomic E-state index is 0.244. The monoisotopic (exact) mass is 543 g/mol. The Hall–Kier alpha value is -4.53. The predicted molar refractivity (Wildman–Crippen MR) is 175 cm³/mol. The minimum absolute atomic E-state index is 0.244. The quantitative estimate of drug-likeness (QED) is 0.201. The lowest BCUT2D eigenvalue weighted by molar-refractivity contribution is -0.579. The smallest absolute Gasteiger partial charge is 0.176 e. The van der Waals surface area contributed by atoms with Gasteiger partial charge < -0.3 is 0 Å². The van der Waals surface area contributed by atoms with Crippen LogP contribution in [0.15, 0.2) is 121 Å². The van der Waals surface area contributed by atoms with Crippen molar-refractivity contribution in [2.24, 2.45) is 0 Å². The Morgan fingerprint density at radius 2 is 1.10 bits per heavy atom. The molecular weight excluding hydrogens is 508 g/mol. The highest BCUT2D eigenvalue weighted by molar-refractivity contribution is 5.93. The summed E-state index contributed by atoms with van der Waals surface area (Å²) in [5.74, 6) is 0. The van der Waals surface area contributed by atoms with E-state index in [0.29, 0.717) is 0 Å². The molecule has 0 aliphatic carbocycles. The molecule has 0 saturated heterocycles. The van der Waals surface area contributed by atoms with E-state index in [2.05, 4.69) is 151 Å². The van der Waals surface area contributed by atoms with Gasteiger partial charge in [-0.25, -0.2) is 4.58 Å². The van der Waals surface area contributed by atoms with E-state index in [9.17, 15) is 0 Å². The first-order valence-electron chi connectivity index (χ1n) is 15.2. The minimum Gasteiger partial charge on any atom is -0.288 e. The molecule has 0 radical (unpaired) electrons. The average molecular weight is 544 g/mol. The van der Waals surface area contributed by atoms with Gasteiger partial charge in [-0.1, -0.05) is 115 Å². The number of hydrogen-bond acceptors (Lipinski definition) is 1. The average Bonchev–Trinajstić information content (AvgIpc) is 3.32. The summed E-state index contributed by atoms with van der Waals surface area (Å²) < 4.78 is 2.55. The highest BCUT2D eigenvalue weighted by Gasteiger charge is 2.32. The van der Waals surface area contributed by atoms with Crippen molar-refractivity contribution in [2.45, 2.75) is 45.6 Å². The third-order valence-corrected chi connectivity index (χ3v) is 9.67. The van der Waals surface area contributed by atoms with Crippen molar-refractivity contribution in [3.63, 3.8) is 0 Å². The first-order chi connectivity index (χ1) is 20.7. The lowest BCUT2D eigenvalue weighted by Gasteiger charge is -2.29. The fourth-order valence-electron chi connectivity index (χ4n) is 7.44. The molecule has 0 amide bonds. The number of hydrogen-bond donors (Lipinski definition) is 0. The maximum absolute atomic E-state index is 2.66. The van der Waals surface area contributed by atoms with Crippen molar-refractivity contribution in [3.8, 4) is 11.1 Å². The van der Waals surface area contributed by atoms with E-state index in [1.807, 2.05) is 0 Å². The van der Waals surface area contributed by atoms with Gasteiger partial charge in [-0.2, -0.15) is 0 Å². The van der Waals surface area contributed by atoms with Crippen LogP contribution < -0.4 is 0 Å². The van der Waals surface area contributed by atoms with E-state index in [-0.39, 0.29) is 12.1 Å². The van der Waals surface area contributed by atoms with Gasteiger partial charge in [0.2, 0.25) is 0 Å². The summed E-state index contributed by atoms with van der Waals surface area (Å²) in [5.41, 5.74) is 11.2. The summed E-state index contributed by atoms with van der Waals surface area (Å²) in [7, 11) is 0. The van der Waals surface area contributed by atoms with Gasteiger partial charge in [-0.3, -0.25) is 4.90 Å². The molecule has 2 aliphatic rings. The summed E-state index contributed by atoms with van der Waals surface area (Å²) in [4.78, 5) is 2.66. The van der Waals surface area contributed by atoms with Crippen LogP contribution in [0, 0.1) is 0 Å². The Bertz CT molecular complexity index is 2010. The Morgan fingerprint density at radius 1 is 0.548 bits per heavy atom. The van der Waals surface area contributed by atoms with Crippen LogP contribution in [0.2, 0.25) is 0 Å². The summed E-state index contributed by atoms with van der Waals surface area (Å²) in [5, 5.41) is 5.31. The predicted octanol–water partition coefficient (Wildman–Crippen LogP) is 9.44. The molecule has 8 rings (SSSR count). The van der Waals surface area contributed by atoms with Crippen LogP contribution in [0.1, 0.15) is 59.3 Å². The summed E-state index contributed by atoms with van der Waals surface area (Å²) >= 11 is 0. The molecule has 0 fully saturated rings. The van der Waals surface area contributed by atoms with Crippen LogP contribution in [0.4, 0.5) is 0 Å². The van der Waals surface area contributed by atoms with Gasteiger partial charge in [0.15, 0.2) is 18.8 Å². The molecule has 0 saturated carbocycles. The molecular formula is C40H35N2+. The van der Waals surface area contributed by atoms with Crippen molar-refractivity contribution in [1.29, 1.82) is 0 Å². The second-order valence-electron chi connectivity index (χ2n) is 12.0. The van der Waals surface area contributed by atoms with Gasteiger partial charge in [0.25, 0.3) is 0 Å². The molecule has 0 spiro atoms. The summed E-state index contributed by atoms with van der Waals surface area (Å²) in [6.07, 6.45) is 2.43. The topological polar surface area (TPSA) is 6.25 Å². The number of nitrogens with zero attached hydrogens (tertiary/aromatic N) is 2. The number of fused-ring (bicyclic) bond motifs is 2. The van der Waals surface area contributed by atoms with Crippen molar-refractivity contribution in [3.05, 3.63) is 155 Å². The molecule has 2 heteroatoms. The number of benzene rings is 6. The standard InChI is InChI=1S/C40H35N2/c1-27(35-21-9-13-29-11-3-5-19-37(29)35)41-23-31-15-7-17-33-25-42(26-34-18-8-16-32(24-41)40(34)39(31)33)28(2)36-22-10-14-30-12-4-6-20-38(30)36/h3-23,27-28H,24-26H2,1-2H3/q+1/t27-,28-/m0/s1. The SMILES string of the molecule is C[C@@H](c1cccc2ccccc12)N1Cc2cccc3c2-c2c(cccc2C[N+]([C@@H](C)c2cccc4ccccc24)=C3)C1. The van der Waals surface area contributed by atoms with Crippen LogP contribution >= 0.6 is 0 Å². The van der Waals surface area contributed by atoms with E-state index < -0.39 is 0 Å². The lowest BCUT2D eigenvalue weighted by Crippen LogP contribution is -2.26. The molecule has 204 valence electrons. The summed E-state index contributed by atoms with van der Waals surface area (Å²) in [6.45, 7) is 7.48. The number of rotatable bonds is 4. The molecule has 2 atom stereocenters. The molecule has 2 aliphatic heterocycles. The molecule has 42 heavy (non-hydrogen) atoms. The molecule has 6 aromatic rings. The Labute approximate surface area is 248 Å². The maximum atomic E-state index is 2.66. The first-order valence-corrected chi connectivity index (χ1v) is 15.2. The van der Waals surface area contributed by atoms with E-state index in [1.165, 1.54) is 66.1 Å². The molecule has 2 heterocycles. The highest BCUT2D eigenvalue weighted by Crippen LogP contribution is 2.42. The Kier molecular flexibility index (Phi) is 6.05. The second-order valence-corrected chi connectivity index (χ2v) is 12.0. The van der Waals surface area contributed by atoms with Crippen molar-refractivity contribution in [1.82, 2.24) is 4.90 Å². The van der Waals surface area contributed by atoms with Crippen molar-refractivity contribution >= 4 is 27.8 Å². The van der Waals surface area contributed by atoms with Crippen LogP contribution in [0.25, 0.3) is 32.7 Å². The van der Waals surface area contributed by atoms with Gasteiger partial charge in [0, 0.05) is 48.3 Å². The molecule has 0 bridgehead atoms. The second kappa shape index (κ2) is 10.1. The van der Waals surface area contributed by atoms with E-state index >= 15 is 0 Å². The third kappa shape index (κ3) is 4.09. The fourth-order valence-corrected chi connectivity index (χ4v) is 7.44. The molecule has 0 unspecified atom stereocenters. The van der Waals surface area contributed by atoms with Crippen LogP contribution in [-0.2, 0) is 19.6 Å². The van der Waals surface area contributed by atoms with Gasteiger partial charge in [-0.15, -0.1) is 0 Å². The van der Waals surface area contributed by atoms with Crippen LogP contribution in [0.3, 0.4) is 0 Å². The first kappa shape index (κ1) is 25.2. The molecule has 2 nitrogen and oxygen atoms in total. The van der Waals surface area contributed by atoms with Gasteiger partial charge in [-0.05, 0) is 56.8 Å². The van der Waals surface area contributed by atoms with Crippen molar-refractivity contribution in [2.75, 3.05) is 0 Å². The zero-order valence-corrected chi connectivity index (χ0v) is 24.3. The van der Waals surface area contributed by atoms with Gasteiger partial charge in [0.05, 0.1) is 0 Å². The van der Waals surface area contributed by atoms with Crippen LogP contribution in [-0.4, -0.2) is 15.7 Å². The fraction of sp³-hybridized carbons (Fsp3) is 0.175. The molecule has 6 aromatic carbocycles. The zero-order valence-electron chi connectivity index (χ0n) is 24.3. The summed E-state index contributed by atoms with van der Waals surface area (Å²) in [6, 6.07) is 45.5.